The lowest BCUT2D eigenvalue weighted by Gasteiger charge is -2.34. The Balaban J connectivity index is 1.01. The van der Waals surface area contributed by atoms with E-state index in [0.717, 1.165) is 111 Å². The quantitative estimate of drug-likeness (QED) is 0.0610. The van der Waals surface area contributed by atoms with Gasteiger partial charge in [0, 0.05) is 60.5 Å². The first-order valence-corrected chi connectivity index (χ1v) is 31.8. The van der Waals surface area contributed by atoms with Crippen molar-refractivity contribution in [2.75, 3.05) is 14.7 Å². The molecule has 0 aromatic heterocycles. The second-order valence-electron chi connectivity index (χ2n) is 24.4. The minimum Gasteiger partial charge on any atom is -0.310 e. The molecular formula is C89H65N3. The first-order chi connectivity index (χ1) is 45.4. The summed E-state index contributed by atoms with van der Waals surface area (Å²) in [5.74, 6) is 0. The summed E-state index contributed by atoms with van der Waals surface area (Å²) < 4.78 is 0. The molecule has 15 aromatic rings. The third kappa shape index (κ3) is 9.71. The Bertz CT molecular complexity index is 5340. The van der Waals surface area contributed by atoms with Gasteiger partial charge in [-0.1, -0.05) is 287 Å². The van der Waals surface area contributed by atoms with E-state index in [4.69, 9.17) is 0 Å². The smallest absolute Gasteiger partial charge is 0.0620 e. The molecule has 0 saturated carbocycles. The van der Waals surface area contributed by atoms with Gasteiger partial charge in [0.05, 0.1) is 28.4 Å². The fourth-order valence-electron chi connectivity index (χ4n) is 14.3. The summed E-state index contributed by atoms with van der Waals surface area (Å²) in [7, 11) is 0. The van der Waals surface area contributed by atoms with Crippen LogP contribution in [0.2, 0.25) is 0 Å². The number of benzene rings is 15. The van der Waals surface area contributed by atoms with Crippen LogP contribution in [0.25, 0.3) is 93.7 Å². The second kappa shape index (κ2) is 23.3. The van der Waals surface area contributed by atoms with Crippen LogP contribution in [0.4, 0.5) is 51.2 Å². The number of para-hydroxylation sites is 1. The van der Waals surface area contributed by atoms with Crippen molar-refractivity contribution in [1.29, 1.82) is 0 Å². The first kappa shape index (κ1) is 55.5. The van der Waals surface area contributed by atoms with Crippen LogP contribution in [-0.4, -0.2) is 0 Å². The number of anilines is 9. The number of hydrogen-bond donors (Lipinski definition) is 0. The van der Waals surface area contributed by atoms with Gasteiger partial charge < -0.3 is 14.7 Å². The van der Waals surface area contributed by atoms with Gasteiger partial charge in [0.25, 0.3) is 0 Å². The molecule has 15 aromatic carbocycles. The fraction of sp³-hybridized carbons (Fsp3) is 0.0337. The number of nitrogens with zero attached hydrogens (tertiary/aromatic N) is 3. The number of hydrogen-bond acceptors (Lipinski definition) is 3. The van der Waals surface area contributed by atoms with Gasteiger partial charge in [-0.3, -0.25) is 0 Å². The zero-order chi connectivity index (χ0) is 61.7. The molecule has 0 unspecified atom stereocenters. The summed E-state index contributed by atoms with van der Waals surface area (Å²) in [6.45, 7) is 9.00. The van der Waals surface area contributed by atoms with Gasteiger partial charge in [-0.15, -0.1) is 0 Å². The van der Waals surface area contributed by atoms with Crippen molar-refractivity contribution in [3.63, 3.8) is 0 Å². The maximum atomic E-state index is 4.14. The van der Waals surface area contributed by atoms with Crippen LogP contribution >= 0.6 is 0 Å². The van der Waals surface area contributed by atoms with E-state index in [9.17, 15) is 0 Å². The van der Waals surface area contributed by atoms with E-state index < -0.39 is 5.41 Å². The molecule has 0 N–H and O–H groups in total. The van der Waals surface area contributed by atoms with Crippen LogP contribution in [-0.2, 0) is 5.41 Å². The average molecular weight is 1180 g/mol. The first-order valence-electron chi connectivity index (χ1n) is 31.8. The summed E-state index contributed by atoms with van der Waals surface area (Å²) >= 11 is 0. The van der Waals surface area contributed by atoms with Crippen molar-refractivity contribution in [2.45, 2.75) is 19.3 Å². The molecule has 0 spiro atoms. The zero-order valence-corrected chi connectivity index (χ0v) is 51.5. The van der Waals surface area contributed by atoms with Crippen LogP contribution in [0.15, 0.2) is 346 Å². The summed E-state index contributed by atoms with van der Waals surface area (Å²) in [5, 5.41) is 9.20. The highest BCUT2D eigenvalue weighted by Crippen LogP contribution is 2.58. The van der Waals surface area contributed by atoms with E-state index in [1.165, 1.54) is 44.0 Å². The number of fused-ring (bicyclic) bond motifs is 7. The standard InChI is InChI=1S/C89H65N3/c1-4-5-28-66-37-17-22-50-84(66)91(71-44-24-41-68(56-71)62-31-11-7-12-32-62)88-78-49-21-20-48-77(78)87(92(86-52-27-39-65-36-16-19-47-75(65)86)72-45-25-42-69(57-72)63-33-13-8-14-34-63)80-59-79-76-54-53-73(58-82(76)89(2,3)83(79)60-81(80)88)90(85-51-26-38-64-35-15-18-46-74(64)85)70-43-23-40-67(55-70)61-29-9-6-10-30-61/h4-60H,1H2,2-3H3/b28-5-. The lowest BCUT2D eigenvalue weighted by Crippen LogP contribution is -2.18. The number of allylic oxidation sites excluding steroid dienone is 2. The maximum Gasteiger partial charge on any atom is 0.0620 e. The molecule has 1 aliphatic carbocycles. The highest BCUT2D eigenvalue weighted by Gasteiger charge is 2.39. The summed E-state index contributed by atoms with van der Waals surface area (Å²) in [5.41, 5.74) is 22.3. The van der Waals surface area contributed by atoms with Crippen LogP contribution in [0.5, 0.6) is 0 Å². The second-order valence-corrected chi connectivity index (χ2v) is 24.4. The number of rotatable bonds is 14. The molecule has 3 nitrogen and oxygen atoms in total. The predicted molar refractivity (Wildman–Crippen MR) is 394 cm³/mol. The lowest BCUT2D eigenvalue weighted by atomic mass is 9.81. The van der Waals surface area contributed by atoms with Crippen molar-refractivity contribution >= 4 is 100 Å². The monoisotopic (exact) mass is 1180 g/mol. The molecule has 0 bridgehead atoms. The maximum absolute atomic E-state index is 4.14. The van der Waals surface area contributed by atoms with Crippen LogP contribution in [0.3, 0.4) is 0 Å². The third-order valence-corrected chi connectivity index (χ3v) is 18.7. The van der Waals surface area contributed by atoms with Gasteiger partial charge in [0.15, 0.2) is 0 Å². The van der Waals surface area contributed by atoms with E-state index in [1.54, 1.807) is 0 Å². The van der Waals surface area contributed by atoms with E-state index in [1.807, 2.05) is 12.2 Å². The van der Waals surface area contributed by atoms with Crippen LogP contribution in [0, 0.1) is 0 Å². The van der Waals surface area contributed by atoms with Gasteiger partial charge in [0.1, 0.15) is 0 Å². The highest BCUT2D eigenvalue weighted by molar-refractivity contribution is 6.25. The van der Waals surface area contributed by atoms with Crippen molar-refractivity contribution in [1.82, 2.24) is 0 Å². The van der Waals surface area contributed by atoms with Crippen molar-refractivity contribution < 1.29 is 0 Å². The molecule has 0 atom stereocenters. The molecule has 0 saturated heterocycles. The Morgan fingerprint density at radius 1 is 0.283 bits per heavy atom. The van der Waals surface area contributed by atoms with Gasteiger partial charge in [-0.2, -0.15) is 0 Å². The Morgan fingerprint density at radius 3 is 1.20 bits per heavy atom. The molecular weight excluding hydrogens is 1110 g/mol. The third-order valence-electron chi connectivity index (χ3n) is 18.7. The van der Waals surface area contributed by atoms with E-state index in [0.29, 0.717) is 0 Å². The molecule has 16 rings (SSSR count). The van der Waals surface area contributed by atoms with Crippen LogP contribution < -0.4 is 14.7 Å². The molecule has 0 aliphatic heterocycles. The van der Waals surface area contributed by atoms with E-state index >= 15 is 0 Å². The Hall–Kier alpha value is -11.8. The zero-order valence-electron chi connectivity index (χ0n) is 51.5. The van der Waals surface area contributed by atoms with Gasteiger partial charge >= 0.3 is 0 Å². The van der Waals surface area contributed by atoms with Crippen molar-refractivity contribution in [2.24, 2.45) is 0 Å². The molecule has 1 aliphatic rings. The van der Waals surface area contributed by atoms with Crippen molar-refractivity contribution in [3.8, 4) is 44.5 Å². The molecule has 3 heteroatoms. The predicted octanol–water partition coefficient (Wildman–Crippen LogP) is 25.2. The topological polar surface area (TPSA) is 9.72 Å². The molecule has 92 heavy (non-hydrogen) atoms. The minimum atomic E-state index is -0.462. The molecule has 436 valence electrons. The molecule has 0 heterocycles. The SMILES string of the molecule is C=C/C=C\c1ccccc1N(c1cccc(-c2ccccc2)c1)c1c2ccccc2c(N(c2cccc(-c3ccccc3)c2)c2cccc3ccccc23)c2cc3c(cc12)C(C)(C)c1cc(N(c2cccc(-c4ccccc4)c2)c2cccc4ccccc24)ccc1-3. The average Bonchev–Trinajstić information content (AvgIpc) is 1.34. The molecule has 0 amide bonds. The van der Waals surface area contributed by atoms with E-state index in [2.05, 4.69) is 369 Å². The van der Waals surface area contributed by atoms with Gasteiger partial charge in [-0.05, 0) is 151 Å². The summed E-state index contributed by atoms with van der Waals surface area (Å²) in [4.78, 5) is 7.57. The lowest BCUT2D eigenvalue weighted by molar-refractivity contribution is 0.661. The normalized spacial score (nSPS) is 12.3. The van der Waals surface area contributed by atoms with Crippen molar-refractivity contribution in [3.05, 3.63) is 363 Å². The fourth-order valence-corrected chi connectivity index (χ4v) is 14.3. The van der Waals surface area contributed by atoms with Gasteiger partial charge in [0.2, 0.25) is 0 Å². The van der Waals surface area contributed by atoms with E-state index in [-0.39, 0.29) is 0 Å². The highest BCUT2D eigenvalue weighted by atomic mass is 15.2. The summed E-state index contributed by atoms with van der Waals surface area (Å²) in [6, 6.07) is 121. The molecule has 0 fully saturated rings. The Kier molecular flexibility index (Phi) is 14.1. The van der Waals surface area contributed by atoms with Crippen LogP contribution in [0.1, 0.15) is 30.5 Å². The minimum absolute atomic E-state index is 0.462. The largest absolute Gasteiger partial charge is 0.310 e. The Morgan fingerprint density at radius 2 is 0.663 bits per heavy atom. The summed E-state index contributed by atoms with van der Waals surface area (Å²) in [6.07, 6.45) is 6.10. The van der Waals surface area contributed by atoms with Gasteiger partial charge in [-0.25, -0.2) is 0 Å². The Labute approximate surface area is 538 Å². The molecule has 0 radical (unpaired) electrons.